The number of H-pyrrole nitrogens is 1. The monoisotopic (exact) mass is 431 g/mol. The number of para-hydroxylation sites is 1. The van der Waals surface area contributed by atoms with Crippen LogP contribution in [0.4, 0.5) is 10.2 Å². The molecule has 0 atom stereocenters. The molecule has 0 saturated carbocycles. The number of carbonyl (C=O) groups is 1. The Hall–Kier alpha value is -4.34. The van der Waals surface area contributed by atoms with Crippen LogP contribution < -0.4 is 5.32 Å². The van der Waals surface area contributed by atoms with E-state index in [1.165, 1.54) is 19.5 Å². The van der Waals surface area contributed by atoms with Gasteiger partial charge in [0, 0.05) is 18.7 Å². The number of nitrogens with one attached hydrogen (secondary N) is 2. The predicted octanol–water partition coefficient (Wildman–Crippen LogP) is 3.27. The summed E-state index contributed by atoms with van der Waals surface area (Å²) in [7, 11) is 1.23. The molecule has 0 amide bonds. The maximum absolute atomic E-state index is 14.7. The number of imidazole rings is 2. The molecule has 0 saturated heterocycles. The Morgan fingerprint density at radius 3 is 2.81 bits per heavy atom. The molecule has 3 aromatic heterocycles. The number of nitrogens with zero attached hydrogens (tertiary/aromatic N) is 5. The summed E-state index contributed by atoms with van der Waals surface area (Å²) < 4.78 is 21.3. The number of aromatic nitrogens is 6. The van der Waals surface area contributed by atoms with Crippen molar-refractivity contribution in [1.82, 2.24) is 29.5 Å². The van der Waals surface area contributed by atoms with Crippen molar-refractivity contribution < 1.29 is 13.9 Å². The standard InChI is InChI=1S/C22H18FN7O2/c1-32-22(31)17-14(23)7-8-15-19(17)30(13-5-3-2-4-6-13)16(29-15)9-10-24-20-18-21(26-11-25-18)28-12-27-20/h2-8,11-12H,9-10H2,1H3,(H2,24,25,26,27,28). The zero-order chi connectivity index (χ0) is 22.1. The van der Waals surface area contributed by atoms with Crippen LogP contribution in [0.3, 0.4) is 0 Å². The number of ether oxygens (including phenoxy) is 1. The van der Waals surface area contributed by atoms with Crippen molar-refractivity contribution in [3.63, 3.8) is 0 Å². The Morgan fingerprint density at radius 2 is 2.00 bits per heavy atom. The van der Waals surface area contributed by atoms with Gasteiger partial charge in [0.2, 0.25) is 0 Å². The second-order valence-electron chi connectivity index (χ2n) is 6.98. The third-order valence-corrected chi connectivity index (χ3v) is 5.10. The second-order valence-corrected chi connectivity index (χ2v) is 6.98. The Morgan fingerprint density at radius 1 is 1.16 bits per heavy atom. The lowest BCUT2D eigenvalue weighted by Crippen LogP contribution is -2.12. The molecule has 0 unspecified atom stereocenters. The van der Waals surface area contributed by atoms with Crippen molar-refractivity contribution in [2.24, 2.45) is 0 Å². The summed E-state index contributed by atoms with van der Waals surface area (Å²) in [6.45, 7) is 0.483. The van der Waals surface area contributed by atoms with Crippen molar-refractivity contribution in [2.75, 3.05) is 19.0 Å². The number of hydrogen-bond donors (Lipinski definition) is 2. The average molecular weight is 431 g/mol. The maximum atomic E-state index is 14.7. The molecule has 0 aliphatic carbocycles. The van der Waals surface area contributed by atoms with E-state index in [0.717, 1.165) is 5.69 Å². The number of esters is 1. The first kappa shape index (κ1) is 19.6. The third kappa shape index (κ3) is 3.31. The highest BCUT2D eigenvalue weighted by Gasteiger charge is 2.23. The van der Waals surface area contributed by atoms with Crippen LogP contribution >= 0.6 is 0 Å². The van der Waals surface area contributed by atoms with Crippen molar-refractivity contribution >= 4 is 34.0 Å². The molecule has 32 heavy (non-hydrogen) atoms. The maximum Gasteiger partial charge on any atom is 0.343 e. The zero-order valence-electron chi connectivity index (χ0n) is 17.0. The number of hydrogen-bond acceptors (Lipinski definition) is 7. The van der Waals surface area contributed by atoms with Crippen LogP contribution in [-0.2, 0) is 11.2 Å². The summed E-state index contributed by atoms with van der Waals surface area (Å²) in [6, 6.07) is 12.2. The Balaban J connectivity index is 1.56. The molecule has 160 valence electrons. The molecule has 9 nitrogen and oxygen atoms in total. The van der Waals surface area contributed by atoms with Crippen LogP contribution in [0.15, 0.2) is 55.1 Å². The van der Waals surface area contributed by atoms with E-state index in [-0.39, 0.29) is 5.56 Å². The minimum absolute atomic E-state index is 0.143. The summed E-state index contributed by atoms with van der Waals surface area (Å²) in [5, 5.41) is 3.26. The molecule has 0 bridgehead atoms. The van der Waals surface area contributed by atoms with Gasteiger partial charge >= 0.3 is 5.97 Å². The quantitative estimate of drug-likeness (QED) is 0.397. The summed E-state index contributed by atoms with van der Waals surface area (Å²) in [5.41, 5.74) is 2.77. The highest BCUT2D eigenvalue weighted by atomic mass is 19.1. The van der Waals surface area contributed by atoms with Gasteiger partial charge in [0.25, 0.3) is 0 Å². The fourth-order valence-corrected chi connectivity index (χ4v) is 3.70. The lowest BCUT2D eigenvalue weighted by atomic mass is 10.1. The number of methoxy groups -OCH3 is 1. The van der Waals surface area contributed by atoms with Gasteiger partial charge < -0.3 is 15.0 Å². The molecule has 5 rings (SSSR count). The number of benzene rings is 2. The molecular formula is C22H18FN7O2. The molecule has 0 aliphatic rings. The first-order chi connectivity index (χ1) is 15.7. The van der Waals surface area contributed by atoms with Gasteiger partial charge in [-0.05, 0) is 24.3 Å². The molecule has 2 aromatic carbocycles. The average Bonchev–Trinajstić information content (AvgIpc) is 3.44. The fourth-order valence-electron chi connectivity index (χ4n) is 3.70. The summed E-state index contributed by atoms with van der Waals surface area (Å²) in [4.78, 5) is 32.6. The van der Waals surface area contributed by atoms with Gasteiger partial charge in [0.05, 0.1) is 24.5 Å². The van der Waals surface area contributed by atoms with E-state index in [2.05, 4.69) is 30.2 Å². The largest absolute Gasteiger partial charge is 0.465 e. The Bertz CT molecular complexity index is 1430. The number of halogens is 1. The summed E-state index contributed by atoms with van der Waals surface area (Å²) in [5.74, 6) is -0.133. The molecule has 10 heteroatoms. The van der Waals surface area contributed by atoms with E-state index in [1.807, 2.05) is 30.3 Å². The van der Waals surface area contributed by atoms with Gasteiger partial charge in [0.1, 0.15) is 29.0 Å². The summed E-state index contributed by atoms with van der Waals surface area (Å²) >= 11 is 0. The minimum atomic E-state index is -0.752. The van der Waals surface area contributed by atoms with Crippen molar-refractivity contribution in [3.8, 4) is 5.69 Å². The van der Waals surface area contributed by atoms with Crippen molar-refractivity contribution in [3.05, 3.63) is 72.3 Å². The molecule has 0 aliphatic heterocycles. The molecule has 0 fully saturated rings. The lowest BCUT2D eigenvalue weighted by Gasteiger charge is -2.12. The summed E-state index contributed by atoms with van der Waals surface area (Å²) in [6.07, 6.45) is 3.48. The Labute approximate surface area is 181 Å². The molecule has 2 N–H and O–H groups in total. The Kier molecular flexibility index (Phi) is 4.94. The number of rotatable bonds is 6. The topological polar surface area (TPSA) is 111 Å². The van der Waals surface area contributed by atoms with Gasteiger partial charge in [-0.25, -0.2) is 29.1 Å². The minimum Gasteiger partial charge on any atom is -0.465 e. The van der Waals surface area contributed by atoms with E-state index in [0.29, 0.717) is 46.8 Å². The van der Waals surface area contributed by atoms with Crippen LogP contribution in [0.2, 0.25) is 0 Å². The van der Waals surface area contributed by atoms with E-state index in [1.54, 1.807) is 17.0 Å². The molecule has 0 radical (unpaired) electrons. The van der Waals surface area contributed by atoms with E-state index in [4.69, 9.17) is 4.74 Å². The van der Waals surface area contributed by atoms with Gasteiger partial charge in [-0.2, -0.15) is 0 Å². The van der Waals surface area contributed by atoms with Crippen LogP contribution in [0.25, 0.3) is 27.9 Å². The number of aromatic amines is 1. The van der Waals surface area contributed by atoms with Gasteiger partial charge in [0.15, 0.2) is 11.5 Å². The first-order valence-corrected chi connectivity index (χ1v) is 9.89. The van der Waals surface area contributed by atoms with Crippen LogP contribution in [0.5, 0.6) is 0 Å². The van der Waals surface area contributed by atoms with Crippen molar-refractivity contribution in [1.29, 1.82) is 0 Å². The van der Waals surface area contributed by atoms with Crippen LogP contribution in [-0.4, -0.2) is 49.1 Å². The number of anilines is 1. The molecule has 5 aromatic rings. The number of fused-ring (bicyclic) bond motifs is 2. The van der Waals surface area contributed by atoms with Gasteiger partial charge in [-0.1, -0.05) is 18.2 Å². The number of carbonyl (C=O) groups excluding carboxylic acids is 1. The first-order valence-electron chi connectivity index (χ1n) is 9.89. The molecule has 0 spiro atoms. The highest BCUT2D eigenvalue weighted by Crippen LogP contribution is 2.28. The third-order valence-electron chi connectivity index (χ3n) is 5.10. The van der Waals surface area contributed by atoms with Gasteiger partial charge in [-0.3, -0.25) is 4.57 Å². The molecule has 3 heterocycles. The van der Waals surface area contributed by atoms with Gasteiger partial charge in [-0.15, -0.1) is 0 Å². The fraction of sp³-hybridized carbons (Fsp3) is 0.136. The van der Waals surface area contributed by atoms with E-state index >= 15 is 0 Å². The lowest BCUT2D eigenvalue weighted by molar-refractivity contribution is 0.0597. The van der Waals surface area contributed by atoms with Crippen LogP contribution in [0, 0.1) is 5.82 Å². The predicted molar refractivity (Wildman–Crippen MR) is 116 cm³/mol. The van der Waals surface area contributed by atoms with Crippen LogP contribution in [0.1, 0.15) is 16.2 Å². The van der Waals surface area contributed by atoms with Crippen molar-refractivity contribution in [2.45, 2.75) is 6.42 Å². The molecular weight excluding hydrogens is 413 g/mol. The van der Waals surface area contributed by atoms with E-state index < -0.39 is 11.8 Å². The second kappa shape index (κ2) is 8.06. The van der Waals surface area contributed by atoms with E-state index in [9.17, 15) is 9.18 Å². The smallest absolute Gasteiger partial charge is 0.343 e. The normalized spacial score (nSPS) is 11.2. The zero-order valence-corrected chi connectivity index (χ0v) is 17.0. The SMILES string of the molecule is COC(=O)c1c(F)ccc2nc(CCNc3ncnc4nc[nH]c34)n(-c3ccccc3)c12. The highest BCUT2D eigenvalue weighted by molar-refractivity contribution is 6.03.